The molecule has 0 aromatic carbocycles. The number of nitrogens with zero attached hydrogens (tertiary/aromatic N) is 3. The van der Waals surface area contributed by atoms with Crippen LogP contribution >= 0.6 is 11.6 Å². The maximum atomic E-state index is 5.67. The minimum absolute atomic E-state index is 0.383. The van der Waals surface area contributed by atoms with E-state index < -0.39 is 0 Å². The van der Waals surface area contributed by atoms with Gasteiger partial charge in [-0.3, -0.25) is 0 Å². The van der Waals surface area contributed by atoms with Crippen LogP contribution in [0.2, 0.25) is 5.28 Å². The monoisotopic (exact) mass is 171 g/mol. The molecular weight excluding hydrogens is 162 g/mol. The molecule has 0 aliphatic carbocycles. The molecule has 0 bridgehead atoms. The molecule has 0 radical (unpaired) electrons. The lowest BCUT2D eigenvalue weighted by Gasteiger charge is -2.18. The van der Waals surface area contributed by atoms with Gasteiger partial charge < -0.3 is 0 Å². The Kier molecular flexibility index (Phi) is 1.60. The molecule has 0 saturated heterocycles. The van der Waals surface area contributed by atoms with Crippen LogP contribution in [0.5, 0.6) is 0 Å². The standard InChI is InChI=1S/C7H10ClN3/c1-5-3-2-4-6-9-7(8)10-11(5)6/h5H,2-4H2,1H3. The molecule has 1 unspecified atom stereocenters. The molecule has 1 aromatic heterocycles. The van der Waals surface area contributed by atoms with Gasteiger partial charge in [-0.1, -0.05) is 0 Å². The minimum atomic E-state index is 0.383. The molecule has 11 heavy (non-hydrogen) atoms. The molecule has 2 rings (SSSR count). The lowest BCUT2D eigenvalue weighted by atomic mass is 10.1. The quantitative estimate of drug-likeness (QED) is 0.596. The third-order valence-electron chi connectivity index (χ3n) is 2.12. The zero-order valence-corrected chi connectivity index (χ0v) is 7.17. The van der Waals surface area contributed by atoms with Crippen molar-refractivity contribution in [2.24, 2.45) is 0 Å². The van der Waals surface area contributed by atoms with Crippen LogP contribution in [0.1, 0.15) is 31.6 Å². The molecular formula is C7H10ClN3. The molecule has 60 valence electrons. The van der Waals surface area contributed by atoms with E-state index in [1.807, 2.05) is 4.68 Å². The van der Waals surface area contributed by atoms with Crippen LogP contribution in [0.3, 0.4) is 0 Å². The average Bonchev–Trinajstić information content (AvgIpc) is 2.31. The van der Waals surface area contributed by atoms with Crippen molar-refractivity contribution in [3.05, 3.63) is 11.1 Å². The van der Waals surface area contributed by atoms with Gasteiger partial charge in [-0.2, -0.15) is 0 Å². The number of aromatic nitrogens is 3. The molecule has 1 aromatic rings. The van der Waals surface area contributed by atoms with E-state index in [0.29, 0.717) is 11.3 Å². The summed E-state index contributed by atoms with van der Waals surface area (Å²) in [6.07, 6.45) is 3.41. The molecule has 0 saturated carbocycles. The Balaban J connectivity index is 2.43. The first kappa shape index (κ1) is 7.10. The van der Waals surface area contributed by atoms with E-state index in [2.05, 4.69) is 17.0 Å². The van der Waals surface area contributed by atoms with Crippen LogP contribution in [0.25, 0.3) is 0 Å². The fourth-order valence-corrected chi connectivity index (χ4v) is 1.71. The van der Waals surface area contributed by atoms with Gasteiger partial charge in [0.1, 0.15) is 5.82 Å². The van der Waals surface area contributed by atoms with Crippen LogP contribution in [0.15, 0.2) is 0 Å². The average molecular weight is 172 g/mol. The van der Waals surface area contributed by atoms with Gasteiger partial charge in [0.15, 0.2) is 0 Å². The van der Waals surface area contributed by atoms with Crippen LogP contribution in [-0.4, -0.2) is 14.8 Å². The van der Waals surface area contributed by atoms with E-state index in [-0.39, 0.29) is 0 Å². The molecule has 3 nitrogen and oxygen atoms in total. The number of halogens is 1. The summed E-state index contributed by atoms with van der Waals surface area (Å²) in [5.74, 6) is 1.04. The summed E-state index contributed by atoms with van der Waals surface area (Å²) >= 11 is 5.67. The number of hydrogen-bond donors (Lipinski definition) is 0. The second kappa shape index (κ2) is 2.48. The second-order valence-corrected chi connectivity index (χ2v) is 3.32. The molecule has 0 spiro atoms. The predicted molar refractivity (Wildman–Crippen MR) is 42.7 cm³/mol. The van der Waals surface area contributed by atoms with Crippen LogP contribution in [0.4, 0.5) is 0 Å². The SMILES string of the molecule is CC1CCCc2nc(Cl)nn21. The molecule has 4 heteroatoms. The number of fused-ring (bicyclic) bond motifs is 1. The van der Waals surface area contributed by atoms with Gasteiger partial charge in [0.05, 0.1) is 6.04 Å². The molecule has 1 aliphatic rings. The van der Waals surface area contributed by atoms with Crippen molar-refractivity contribution < 1.29 is 0 Å². The Morgan fingerprint density at radius 3 is 3.18 bits per heavy atom. The van der Waals surface area contributed by atoms with Gasteiger partial charge in [-0.15, -0.1) is 5.10 Å². The van der Waals surface area contributed by atoms with Gasteiger partial charge in [0.2, 0.25) is 5.28 Å². The number of rotatable bonds is 0. The lowest BCUT2D eigenvalue weighted by Crippen LogP contribution is -2.16. The highest BCUT2D eigenvalue weighted by atomic mass is 35.5. The summed E-state index contributed by atoms with van der Waals surface area (Å²) in [6, 6.07) is 0.471. The number of hydrogen-bond acceptors (Lipinski definition) is 2. The Bertz CT molecular complexity index is 269. The maximum absolute atomic E-state index is 5.67. The summed E-state index contributed by atoms with van der Waals surface area (Å²) in [5, 5.41) is 4.49. The van der Waals surface area contributed by atoms with Crippen molar-refractivity contribution in [2.75, 3.05) is 0 Å². The first-order chi connectivity index (χ1) is 5.27. The zero-order chi connectivity index (χ0) is 7.84. The van der Waals surface area contributed by atoms with Gasteiger partial charge in [-0.25, -0.2) is 9.67 Å². The van der Waals surface area contributed by atoms with E-state index in [0.717, 1.165) is 12.2 Å². The van der Waals surface area contributed by atoms with Crippen molar-refractivity contribution in [1.29, 1.82) is 0 Å². The fraction of sp³-hybridized carbons (Fsp3) is 0.714. The van der Waals surface area contributed by atoms with E-state index >= 15 is 0 Å². The van der Waals surface area contributed by atoms with E-state index in [9.17, 15) is 0 Å². The van der Waals surface area contributed by atoms with Crippen molar-refractivity contribution >= 4 is 11.6 Å². The predicted octanol–water partition coefficient (Wildman–Crippen LogP) is 1.83. The zero-order valence-electron chi connectivity index (χ0n) is 6.42. The Morgan fingerprint density at radius 1 is 1.64 bits per heavy atom. The highest BCUT2D eigenvalue weighted by Crippen LogP contribution is 2.22. The van der Waals surface area contributed by atoms with Crippen molar-refractivity contribution in [3.8, 4) is 0 Å². The molecule has 2 heterocycles. The summed E-state index contributed by atoms with van der Waals surface area (Å²) in [7, 11) is 0. The Labute approximate surface area is 70.4 Å². The maximum Gasteiger partial charge on any atom is 0.242 e. The van der Waals surface area contributed by atoms with E-state index in [1.165, 1.54) is 12.8 Å². The second-order valence-electron chi connectivity index (χ2n) is 2.98. The smallest absolute Gasteiger partial charge is 0.242 e. The number of aryl methyl sites for hydroxylation is 1. The first-order valence-electron chi connectivity index (χ1n) is 3.88. The molecule has 0 fully saturated rings. The molecule has 1 aliphatic heterocycles. The van der Waals surface area contributed by atoms with Gasteiger partial charge >= 0.3 is 0 Å². The third kappa shape index (κ3) is 1.13. The van der Waals surface area contributed by atoms with Crippen LogP contribution < -0.4 is 0 Å². The summed E-state index contributed by atoms with van der Waals surface area (Å²) < 4.78 is 1.94. The van der Waals surface area contributed by atoms with Gasteiger partial charge in [0, 0.05) is 6.42 Å². The lowest BCUT2D eigenvalue weighted by molar-refractivity contribution is 0.388. The molecule has 1 atom stereocenters. The van der Waals surface area contributed by atoms with E-state index in [4.69, 9.17) is 11.6 Å². The summed E-state index contributed by atoms with van der Waals surface area (Å²) in [6.45, 7) is 2.15. The summed E-state index contributed by atoms with van der Waals surface area (Å²) in [4.78, 5) is 4.12. The van der Waals surface area contributed by atoms with Crippen molar-refractivity contribution in [3.63, 3.8) is 0 Å². The molecule has 0 amide bonds. The highest BCUT2D eigenvalue weighted by Gasteiger charge is 2.18. The van der Waals surface area contributed by atoms with Gasteiger partial charge in [-0.05, 0) is 31.4 Å². The minimum Gasteiger partial charge on any atom is -0.246 e. The first-order valence-corrected chi connectivity index (χ1v) is 4.26. The topological polar surface area (TPSA) is 30.7 Å². The normalized spacial score (nSPS) is 23.3. The van der Waals surface area contributed by atoms with Crippen LogP contribution in [-0.2, 0) is 6.42 Å². The Hall–Kier alpha value is -0.570. The largest absolute Gasteiger partial charge is 0.246 e. The molecule has 0 N–H and O–H groups in total. The Morgan fingerprint density at radius 2 is 2.45 bits per heavy atom. The third-order valence-corrected chi connectivity index (χ3v) is 2.28. The van der Waals surface area contributed by atoms with Gasteiger partial charge in [0.25, 0.3) is 0 Å². The van der Waals surface area contributed by atoms with Crippen LogP contribution in [0, 0.1) is 0 Å². The fourth-order valence-electron chi connectivity index (χ4n) is 1.53. The van der Waals surface area contributed by atoms with Crippen molar-refractivity contribution in [2.45, 2.75) is 32.2 Å². The van der Waals surface area contributed by atoms with E-state index in [1.54, 1.807) is 0 Å². The van der Waals surface area contributed by atoms with Crippen molar-refractivity contribution in [1.82, 2.24) is 14.8 Å². The highest BCUT2D eigenvalue weighted by molar-refractivity contribution is 6.28. The summed E-state index contributed by atoms with van der Waals surface area (Å²) in [5.41, 5.74) is 0.